The van der Waals surface area contributed by atoms with Gasteiger partial charge in [-0.2, -0.15) is 0 Å². The van der Waals surface area contributed by atoms with Gasteiger partial charge in [-0.1, -0.05) is 169 Å². The highest BCUT2D eigenvalue weighted by atomic mass is 16.5. The third-order valence-electron chi connectivity index (χ3n) is 10.0. The first-order chi connectivity index (χ1) is 23.5. The first-order valence-corrected chi connectivity index (χ1v) is 21.7. The number of esters is 1. The summed E-state index contributed by atoms with van der Waals surface area (Å²) in [5.74, 6) is 1.04. The van der Waals surface area contributed by atoms with Crippen LogP contribution >= 0.6 is 0 Å². The van der Waals surface area contributed by atoms with Gasteiger partial charge in [-0.3, -0.25) is 4.79 Å². The molecule has 0 aromatic rings. The number of unbranched alkanes of at least 4 members (excludes halogenated alkanes) is 24. The van der Waals surface area contributed by atoms with Crippen LogP contribution in [-0.4, -0.2) is 43.7 Å². The molecule has 0 saturated carbocycles. The maximum Gasteiger partial charge on any atom is 0.305 e. The molecule has 0 radical (unpaired) electrons. The van der Waals surface area contributed by atoms with Crippen molar-refractivity contribution in [2.45, 2.75) is 239 Å². The molecule has 0 rings (SSSR count). The van der Waals surface area contributed by atoms with Crippen molar-refractivity contribution in [3.05, 3.63) is 12.3 Å². The lowest BCUT2D eigenvalue weighted by Crippen LogP contribution is -2.20. The Morgan fingerprint density at radius 1 is 0.500 bits per heavy atom. The molecule has 0 aliphatic carbocycles. The molecule has 0 N–H and O–H groups in total. The van der Waals surface area contributed by atoms with Crippen LogP contribution in [0, 0.1) is 0 Å². The molecule has 0 aromatic carbocycles. The Kier molecular flexibility index (Phi) is 37.9. The van der Waals surface area contributed by atoms with Crippen LogP contribution in [0.25, 0.3) is 0 Å². The van der Waals surface area contributed by atoms with Gasteiger partial charge in [-0.25, -0.2) is 0 Å². The van der Waals surface area contributed by atoms with E-state index < -0.39 is 0 Å². The van der Waals surface area contributed by atoms with Crippen molar-refractivity contribution < 1.29 is 14.3 Å². The van der Waals surface area contributed by atoms with Crippen molar-refractivity contribution >= 4 is 5.97 Å². The van der Waals surface area contributed by atoms with E-state index in [0.29, 0.717) is 19.1 Å². The van der Waals surface area contributed by atoms with Gasteiger partial charge in [0.15, 0.2) is 0 Å². The Balaban J connectivity index is 3.75. The number of rotatable bonds is 40. The second-order valence-corrected chi connectivity index (χ2v) is 15.1. The highest BCUT2D eigenvalue weighted by Crippen LogP contribution is 2.21. The van der Waals surface area contributed by atoms with Gasteiger partial charge in [0.1, 0.15) is 0 Å². The van der Waals surface area contributed by atoms with Gasteiger partial charge in [0.2, 0.25) is 0 Å². The molecule has 4 heteroatoms. The lowest BCUT2D eigenvalue weighted by atomic mass is 10.0. The van der Waals surface area contributed by atoms with E-state index in [2.05, 4.69) is 39.3 Å². The maximum atomic E-state index is 11.9. The Morgan fingerprint density at radius 3 is 1.35 bits per heavy atom. The minimum absolute atomic E-state index is 0.00484. The van der Waals surface area contributed by atoms with E-state index in [0.717, 1.165) is 31.4 Å². The molecule has 0 bridgehead atoms. The lowest BCUT2D eigenvalue weighted by molar-refractivity contribution is -0.143. The highest BCUT2D eigenvalue weighted by molar-refractivity contribution is 5.69. The molecule has 0 aliphatic heterocycles. The van der Waals surface area contributed by atoms with Crippen LogP contribution in [0.15, 0.2) is 12.3 Å². The standard InChI is InChI=1S/C44H87NO3/c1-6-9-12-15-18-27-34-41-47-44(46)38-31-24-20-26-33-40-45(5)39-32-25-19-21-28-35-42(4)48-43(36-29-22-16-13-10-7-2)37-30-23-17-14-11-8-3/h43H,4,6-41H2,1-3,5H3. The minimum atomic E-state index is 0.00484. The van der Waals surface area contributed by atoms with E-state index >= 15 is 0 Å². The zero-order chi connectivity index (χ0) is 35.2. The average Bonchev–Trinajstić information content (AvgIpc) is 3.07. The van der Waals surface area contributed by atoms with Gasteiger partial charge in [0.25, 0.3) is 0 Å². The summed E-state index contributed by atoms with van der Waals surface area (Å²) in [6.07, 6.45) is 41.9. The zero-order valence-electron chi connectivity index (χ0n) is 33.4. The van der Waals surface area contributed by atoms with Crippen molar-refractivity contribution in [2.75, 3.05) is 26.7 Å². The van der Waals surface area contributed by atoms with Crippen molar-refractivity contribution in [3.8, 4) is 0 Å². The first kappa shape index (κ1) is 47.0. The van der Waals surface area contributed by atoms with Crippen LogP contribution in [0.4, 0.5) is 0 Å². The number of nitrogens with zero attached hydrogens (tertiary/aromatic N) is 1. The summed E-state index contributed by atoms with van der Waals surface area (Å²) in [6, 6.07) is 0. The van der Waals surface area contributed by atoms with Gasteiger partial charge >= 0.3 is 5.97 Å². The molecular formula is C44H87NO3. The fourth-order valence-corrected chi connectivity index (χ4v) is 6.71. The molecule has 0 aliphatic rings. The molecule has 0 fully saturated rings. The van der Waals surface area contributed by atoms with E-state index in [9.17, 15) is 4.79 Å². The minimum Gasteiger partial charge on any atom is -0.495 e. The summed E-state index contributed by atoms with van der Waals surface area (Å²) in [7, 11) is 2.27. The molecule has 48 heavy (non-hydrogen) atoms. The summed E-state index contributed by atoms with van der Waals surface area (Å²) in [6.45, 7) is 14.2. The van der Waals surface area contributed by atoms with Crippen LogP contribution in [0.1, 0.15) is 233 Å². The Morgan fingerprint density at radius 2 is 0.875 bits per heavy atom. The summed E-state index contributed by atoms with van der Waals surface area (Å²) < 4.78 is 11.9. The number of hydrogen-bond acceptors (Lipinski definition) is 4. The second kappa shape index (κ2) is 38.8. The van der Waals surface area contributed by atoms with E-state index in [1.165, 1.54) is 193 Å². The van der Waals surface area contributed by atoms with Gasteiger partial charge < -0.3 is 14.4 Å². The third kappa shape index (κ3) is 36.3. The number of ether oxygens (including phenoxy) is 2. The van der Waals surface area contributed by atoms with Crippen LogP contribution in [0.5, 0.6) is 0 Å². The molecule has 0 amide bonds. The monoisotopic (exact) mass is 678 g/mol. The van der Waals surface area contributed by atoms with Crippen LogP contribution < -0.4 is 0 Å². The van der Waals surface area contributed by atoms with Gasteiger partial charge in [0.05, 0.1) is 18.5 Å². The number of hydrogen-bond donors (Lipinski definition) is 0. The van der Waals surface area contributed by atoms with E-state index in [-0.39, 0.29) is 5.97 Å². The molecule has 0 aromatic heterocycles. The fourth-order valence-electron chi connectivity index (χ4n) is 6.71. The van der Waals surface area contributed by atoms with Gasteiger partial charge in [-0.05, 0) is 77.9 Å². The quantitative estimate of drug-likeness (QED) is 0.0367. The van der Waals surface area contributed by atoms with Crippen LogP contribution in [0.2, 0.25) is 0 Å². The fraction of sp³-hybridized carbons (Fsp3) is 0.932. The predicted molar refractivity (Wildman–Crippen MR) is 212 cm³/mol. The predicted octanol–water partition coefficient (Wildman–Crippen LogP) is 14.3. The van der Waals surface area contributed by atoms with Crippen molar-refractivity contribution in [1.82, 2.24) is 4.90 Å². The second-order valence-electron chi connectivity index (χ2n) is 15.1. The lowest BCUT2D eigenvalue weighted by Gasteiger charge is -2.21. The summed E-state index contributed by atoms with van der Waals surface area (Å²) in [4.78, 5) is 14.4. The maximum absolute atomic E-state index is 11.9. The van der Waals surface area contributed by atoms with E-state index in [1.54, 1.807) is 0 Å². The molecule has 286 valence electrons. The molecule has 0 saturated heterocycles. The van der Waals surface area contributed by atoms with Gasteiger partial charge in [-0.15, -0.1) is 0 Å². The Hall–Kier alpha value is -1.03. The summed E-state index contributed by atoms with van der Waals surface area (Å²) in [5.41, 5.74) is 0. The molecule has 0 unspecified atom stereocenters. The number of carbonyl (C=O) groups is 1. The SMILES string of the molecule is C=C(CCCCCCCN(C)CCCCCCCC(=O)OCCCCCCCCC)OC(CCCCCCCC)CCCCCCCC. The average molecular weight is 678 g/mol. The Bertz CT molecular complexity index is 650. The largest absolute Gasteiger partial charge is 0.495 e. The normalized spacial score (nSPS) is 11.5. The van der Waals surface area contributed by atoms with Crippen LogP contribution in [0.3, 0.4) is 0 Å². The number of allylic oxidation sites excluding steroid dienone is 1. The summed E-state index contributed by atoms with van der Waals surface area (Å²) >= 11 is 0. The van der Waals surface area contributed by atoms with E-state index in [1.807, 2.05) is 0 Å². The van der Waals surface area contributed by atoms with Crippen molar-refractivity contribution in [1.29, 1.82) is 0 Å². The molecule has 0 heterocycles. The topological polar surface area (TPSA) is 38.8 Å². The smallest absolute Gasteiger partial charge is 0.305 e. The third-order valence-corrected chi connectivity index (χ3v) is 10.0. The first-order valence-electron chi connectivity index (χ1n) is 21.7. The molecule has 4 nitrogen and oxygen atoms in total. The van der Waals surface area contributed by atoms with E-state index in [4.69, 9.17) is 9.47 Å². The zero-order valence-corrected chi connectivity index (χ0v) is 33.4. The van der Waals surface area contributed by atoms with Crippen molar-refractivity contribution in [2.24, 2.45) is 0 Å². The molecule has 0 spiro atoms. The van der Waals surface area contributed by atoms with Crippen LogP contribution in [-0.2, 0) is 14.3 Å². The highest BCUT2D eigenvalue weighted by Gasteiger charge is 2.11. The number of carbonyl (C=O) groups excluding carboxylic acids is 1. The van der Waals surface area contributed by atoms with Gasteiger partial charge in [0, 0.05) is 12.8 Å². The summed E-state index contributed by atoms with van der Waals surface area (Å²) in [5, 5.41) is 0. The molecular weight excluding hydrogens is 590 g/mol. The molecule has 0 atom stereocenters. The Labute approximate surface area is 302 Å². The van der Waals surface area contributed by atoms with Crippen molar-refractivity contribution in [3.63, 3.8) is 0 Å².